The van der Waals surface area contributed by atoms with Crippen LogP contribution in [-0.4, -0.2) is 0 Å². The summed E-state index contributed by atoms with van der Waals surface area (Å²) in [4.78, 5) is 0. The summed E-state index contributed by atoms with van der Waals surface area (Å²) in [6, 6.07) is 22.5. The molecule has 3 aromatic rings. The van der Waals surface area contributed by atoms with Gasteiger partial charge in [0.05, 0.1) is 2.74 Å². The van der Waals surface area contributed by atoms with E-state index in [2.05, 4.69) is 25.1 Å². The third-order valence-electron chi connectivity index (χ3n) is 3.22. The molecule has 0 atom stereocenters. The highest BCUT2D eigenvalue weighted by Gasteiger charge is 2.06. The summed E-state index contributed by atoms with van der Waals surface area (Å²) in [6.07, 6.45) is 0. The summed E-state index contributed by atoms with van der Waals surface area (Å²) in [7, 11) is 0. The lowest BCUT2D eigenvalue weighted by molar-refractivity contribution is 1.46. The minimum atomic E-state index is 0.507. The van der Waals surface area contributed by atoms with E-state index >= 15 is 0 Å². The van der Waals surface area contributed by atoms with Crippen LogP contribution in [-0.2, 0) is 0 Å². The Morgan fingerprint density at radius 2 is 1.37 bits per heavy atom. The second-order valence-corrected chi connectivity index (χ2v) is 4.63. The molecule has 0 aromatic heterocycles. The van der Waals surface area contributed by atoms with Gasteiger partial charge in [-0.3, -0.25) is 0 Å². The molecule has 19 heavy (non-hydrogen) atoms. The molecule has 0 heterocycles. The Morgan fingerprint density at radius 1 is 0.684 bits per heavy atom. The minimum absolute atomic E-state index is 0.507. The monoisotopic (exact) mass is 246 g/mol. The molecular weight excluding hydrogens is 228 g/mol. The zero-order valence-electron chi connectivity index (χ0n) is 12.9. The van der Waals surface area contributed by atoms with E-state index in [1.165, 1.54) is 5.56 Å². The summed E-state index contributed by atoms with van der Waals surface area (Å²) in [5.41, 5.74) is 5.55. The van der Waals surface area contributed by atoms with Gasteiger partial charge in [-0.25, -0.2) is 0 Å². The summed E-state index contributed by atoms with van der Waals surface area (Å²) in [6.45, 7) is 2.07. The highest BCUT2D eigenvalue weighted by Crippen LogP contribution is 2.31. The Kier molecular flexibility index (Phi) is 2.58. The van der Waals surface area contributed by atoms with Gasteiger partial charge in [-0.05, 0) is 29.2 Å². The maximum absolute atomic E-state index is 7.90. The van der Waals surface area contributed by atoms with Crippen LogP contribution in [0.1, 0.15) is 8.30 Å². The fraction of sp³-hybridized carbons (Fsp3) is 0.0526. The van der Waals surface area contributed by atoms with E-state index in [0.29, 0.717) is 12.1 Å². The second-order valence-electron chi connectivity index (χ2n) is 4.63. The largest absolute Gasteiger partial charge is 0.0623 e. The van der Waals surface area contributed by atoms with Gasteiger partial charge in [0.1, 0.15) is 0 Å². The normalized spacial score (nSPS) is 11.8. The first-order valence-corrected chi connectivity index (χ1v) is 6.38. The Labute approximate surface area is 117 Å². The summed E-state index contributed by atoms with van der Waals surface area (Å²) in [5, 5.41) is 0. The molecule has 0 spiro atoms. The maximum Gasteiger partial charge on any atom is 0.0623 e. The van der Waals surface area contributed by atoms with Crippen LogP contribution in [0.2, 0.25) is 0 Å². The van der Waals surface area contributed by atoms with Crippen LogP contribution in [0.5, 0.6) is 0 Å². The first-order valence-electron chi connectivity index (χ1n) is 7.38. The molecule has 0 aliphatic carbocycles. The van der Waals surface area contributed by atoms with Gasteiger partial charge in [0.2, 0.25) is 0 Å². The maximum atomic E-state index is 7.90. The van der Waals surface area contributed by atoms with E-state index in [9.17, 15) is 0 Å². The second kappa shape index (κ2) is 5.11. The molecule has 3 rings (SSSR count). The van der Waals surface area contributed by atoms with Crippen LogP contribution in [0.3, 0.4) is 0 Å². The number of benzene rings is 3. The van der Waals surface area contributed by atoms with Crippen LogP contribution in [0.25, 0.3) is 22.3 Å². The van der Waals surface area contributed by atoms with Gasteiger partial charge in [-0.15, -0.1) is 0 Å². The van der Waals surface area contributed by atoms with Gasteiger partial charge in [-0.1, -0.05) is 84.4 Å². The minimum Gasteiger partial charge on any atom is -0.0622 e. The number of hydrogen-bond donors (Lipinski definition) is 0. The standard InChI is InChI=1S/C19H16/c1-15-8-7-11-17(14-15)19-13-6-5-12-18(19)16-9-3-2-4-10-16/h2-14H,1H3/i2D,6D. The van der Waals surface area contributed by atoms with Crippen molar-refractivity contribution in [3.05, 3.63) is 84.4 Å². The fourth-order valence-electron chi connectivity index (χ4n) is 2.30. The average molecular weight is 246 g/mol. The van der Waals surface area contributed by atoms with Crippen molar-refractivity contribution in [1.82, 2.24) is 0 Å². The fourth-order valence-corrected chi connectivity index (χ4v) is 2.30. The zero-order chi connectivity index (χ0) is 14.8. The number of rotatable bonds is 2. The van der Waals surface area contributed by atoms with Gasteiger partial charge in [0, 0.05) is 0 Å². The van der Waals surface area contributed by atoms with Crippen molar-refractivity contribution < 1.29 is 2.74 Å². The molecular formula is C19H16. The third-order valence-corrected chi connectivity index (χ3v) is 3.22. The van der Waals surface area contributed by atoms with Crippen molar-refractivity contribution >= 4 is 0 Å². The molecule has 0 aliphatic rings. The molecule has 0 unspecified atom stereocenters. The van der Waals surface area contributed by atoms with E-state index in [0.717, 1.165) is 22.3 Å². The molecule has 3 aromatic carbocycles. The Balaban J connectivity index is 2.20. The van der Waals surface area contributed by atoms with Gasteiger partial charge < -0.3 is 0 Å². The molecule has 0 heteroatoms. The molecule has 0 saturated heterocycles. The summed E-state index contributed by atoms with van der Waals surface area (Å²) >= 11 is 0. The molecule has 0 fully saturated rings. The SMILES string of the molecule is [2H]c1ccc(-c2ccc([2H])cc2-c2cccc(C)c2)cc1. The predicted octanol–water partition coefficient (Wildman–Crippen LogP) is 5.33. The van der Waals surface area contributed by atoms with Crippen LogP contribution < -0.4 is 0 Å². The molecule has 0 amide bonds. The first kappa shape index (κ1) is 9.57. The van der Waals surface area contributed by atoms with Crippen molar-refractivity contribution in [2.75, 3.05) is 0 Å². The van der Waals surface area contributed by atoms with Crippen molar-refractivity contribution in [2.45, 2.75) is 6.92 Å². The number of aryl methyl sites for hydroxylation is 1. The topological polar surface area (TPSA) is 0 Å². The van der Waals surface area contributed by atoms with Gasteiger partial charge in [-0.2, -0.15) is 0 Å². The van der Waals surface area contributed by atoms with Crippen LogP contribution in [0.4, 0.5) is 0 Å². The first-order chi connectivity index (χ1) is 10.1. The van der Waals surface area contributed by atoms with Crippen LogP contribution >= 0.6 is 0 Å². The van der Waals surface area contributed by atoms with Gasteiger partial charge in [0.25, 0.3) is 0 Å². The van der Waals surface area contributed by atoms with Crippen molar-refractivity contribution in [1.29, 1.82) is 0 Å². The van der Waals surface area contributed by atoms with Crippen molar-refractivity contribution in [3.8, 4) is 22.3 Å². The Hall–Kier alpha value is -2.34. The molecule has 0 radical (unpaired) electrons. The predicted molar refractivity (Wildman–Crippen MR) is 82.1 cm³/mol. The van der Waals surface area contributed by atoms with E-state index in [1.54, 1.807) is 12.1 Å². The molecule has 0 N–H and O–H groups in total. The molecule has 0 nitrogen and oxygen atoms in total. The van der Waals surface area contributed by atoms with E-state index < -0.39 is 0 Å². The van der Waals surface area contributed by atoms with Crippen molar-refractivity contribution in [3.63, 3.8) is 0 Å². The zero-order valence-corrected chi connectivity index (χ0v) is 10.9. The van der Waals surface area contributed by atoms with E-state index in [-0.39, 0.29) is 0 Å². The number of hydrogen-bond acceptors (Lipinski definition) is 0. The lowest BCUT2D eigenvalue weighted by atomic mass is 9.94. The van der Waals surface area contributed by atoms with E-state index in [4.69, 9.17) is 2.74 Å². The quantitative estimate of drug-likeness (QED) is 0.573. The van der Waals surface area contributed by atoms with Gasteiger partial charge >= 0.3 is 0 Å². The van der Waals surface area contributed by atoms with Crippen molar-refractivity contribution in [2.24, 2.45) is 0 Å². The van der Waals surface area contributed by atoms with E-state index in [1.807, 2.05) is 36.4 Å². The smallest absolute Gasteiger partial charge is 0.0622 e. The molecule has 0 aliphatic heterocycles. The lowest BCUT2D eigenvalue weighted by Crippen LogP contribution is -1.85. The van der Waals surface area contributed by atoms with Crippen LogP contribution in [0, 0.1) is 6.92 Å². The Morgan fingerprint density at radius 3 is 2.16 bits per heavy atom. The average Bonchev–Trinajstić information content (AvgIpc) is 2.48. The lowest BCUT2D eigenvalue weighted by Gasteiger charge is -2.10. The highest BCUT2D eigenvalue weighted by atomic mass is 14.1. The third kappa shape index (κ3) is 2.43. The van der Waals surface area contributed by atoms with Crippen LogP contribution in [0.15, 0.2) is 78.8 Å². The highest BCUT2D eigenvalue weighted by molar-refractivity contribution is 5.83. The molecule has 0 bridgehead atoms. The van der Waals surface area contributed by atoms with Gasteiger partial charge in [0.15, 0.2) is 0 Å². The summed E-state index contributed by atoms with van der Waals surface area (Å²) < 4.78 is 15.5. The molecule has 0 saturated carbocycles. The summed E-state index contributed by atoms with van der Waals surface area (Å²) in [5.74, 6) is 0. The Bertz CT molecular complexity index is 774. The molecule has 92 valence electrons.